The molecule has 0 amide bonds. The maximum atomic E-state index is 11.1. The topological polar surface area (TPSA) is 82.5 Å². The number of aliphatic hydroxyl groups is 1. The number of nitrogens with one attached hydrogen (secondary N) is 1. The Morgan fingerprint density at radius 2 is 1.83 bits per heavy atom. The van der Waals surface area contributed by atoms with Crippen molar-refractivity contribution in [2.45, 2.75) is 19.4 Å². The van der Waals surface area contributed by atoms with Gasteiger partial charge in [-0.2, -0.15) is 0 Å². The normalized spacial score (nSPS) is 11.1. The molecule has 0 aliphatic heterocycles. The predicted octanol–water partition coefficient (Wildman–Crippen LogP) is 4.46. The van der Waals surface area contributed by atoms with Crippen molar-refractivity contribution in [3.63, 3.8) is 0 Å². The molecule has 3 N–H and O–H groups in total. The maximum absolute atomic E-state index is 11.1. The smallest absolute Gasteiger partial charge is 0.335 e. The number of aromatic nitrogens is 1. The summed E-state index contributed by atoms with van der Waals surface area (Å²) in [6.45, 7) is 3.18. The van der Waals surface area contributed by atoms with Gasteiger partial charge in [0.05, 0.1) is 11.7 Å². The molecule has 0 bridgehead atoms. The molecule has 1 heterocycles. The third-order valence-electron chi connectivity index (χ3n) is 4.74. The van der Waals surface area contributed by atoms with E-state index in [1.807, 2.05) is 25.1 Å². The SMILES string of the molecule is Cc1cc(C(=O)O)ccc1-c1ccc(CCNC[C@H](O)c2cccnc2)cc1.Cl.Cl. The molecule has 3 rings (SSSR count). The second-order valence-electron chi connectivity index (χ2n) is 6.79. The molecule has 0 spiro atoms. The fourth-order valence-corrected chi connectivity index (χ4v) is 3.13. The van der Waals surface area contributed by atoms with E-state index in [4.69, 9.17) is 5.11 Å². The van der Waals surface area contributed by atoms with E-state index in [0.29, 0.717) is 12.1 Å². The first-order chi connectivity index (χ1) is 13.5. The number of benzene rings is 2. The number of carboxylic acid groups (broad SMARTS) is 1. The van der Waals surface area contributed by atoms with Crippen molar-refractivity contribution in [1.29, 1.82) is 0 Å². The minimum absolute atomic E-state index is 0. The average molecular weight is 449 g/mol. The first-order valence-corrected chi connectivity index (χ1v) is 9.26. The monoisotopic (exact) mass is 448 g/mol. The Balaban J connectivity index is 0.00000225. The lowest BCUT2D eigenvalue weighted by molar-refractivity contribution is 0.0697. The minimum atomic E-state index is -0.911. The zero-order valence-electron chi connectivity index (χ0n) is 16.6. The van der Waals surface area contributed by atoms with E-state index in [-0.39, 0.29) is 24.8 Å². The average Bonchev–Trinajstić information content (AvgIpc) is 2.72. The molecule has 2 aromatic carbocycles. The van der Waals surface area contributed by atoms with Crippen molar-refractivity contribution in [1.82, 2.24) is 10.3 Å². The van der Waals surface area contributed by atoms with Crippen molar-refractivity contribution < 1.29 is 15.0 Å². The highest BCUT2D eigenvalue weighted by Crippen LogP contribution is 2.25. The number of aromatic carboxylic acids is 1. The predicted molar refractivity (Wildman–Crippen MR) is 124 cm³/mol. The highest BCUT2D eigenvalue weighted by Gasteiger charge is 2.08. The van der Waals surface area contributed by atoms with Crippen LogP contribution in [0.25, 0.3) is 11.1 Å². The molecule has 0 saturated carbocycles. The van der Waals surface area contributed by atoms with E-state index in [1.54, 1.807) is 24.5 Å². The Kier molecular flexibility index (Phi) is 10.5. The van der Waals surface area contributed by atoms with Crippen LogP contribution in [0.4, 0.5) is 0 Å². The molecule has 1 aromatic heterocycles. The van der Waals surface area contributed by atoms with Gasteiger partial charge in [-0.15, -0.1) is 24.8 Å². The van der Waals surface area contributed by atoms with Gasteiger partial charge in [-0.05, 0) is 60.3 Å². The van der Waals surface area contributed by atoms with Gasteiger partial charge in [0.15, 0.2) is 0 Å². The third-order valence-corrected chi connectivity index (χ3v) is 4.74. The summed E-state index contributed by atoms with van der Waals surface area (Å²) in [5.41, 5.74) is 5.36. The van der Waals surface area contributed by atoms with E-state index in [9.17, 15) is 9.90 Å². The van der Waals surface area contributed by atoms with E-state index < -0.39 is 12.1 Å². The Hall–Kier alpha value is -2.44. The Labute approximate surface area is 189 Å². The van der Waals surface area contributed by atoms with E-state index in [2.05, 4.69) is 34.6 Å². The molecule has 0 aliphatic rings. The van der Waals surface area contributed by atoms with E-state index >= 15 is 0 Å². The van der Waals surface area contributed by atoms with Crippen LogP contribution in [0, 0.1) is 6.92 Å². The molecule has 0 fully saturated rings. The van der Waals surface area contributed by atoms with E-state index in [1.165, 1.54) is 5.56 Å². The first-order valence-electron chi connectivity index (χ1n) is 9.26. The number of aliphatic hydroxyl groups excluding tert-OH is 1. The second kappa shape index (κ2) is 12.3. The van der Waals surface area contributed by atoms with Gasteiger partial charge in [0, 0.05) is 24.5 Å². The van der Waals surface area contributed by atoms with Crippen molar-refractivity contribution in [2.75, 3.05) is 13.1 Å². The molecular formula is C23H26Cl2N2O3. The number of hydrogen-bond acceptors (Lipinski definition) is 4. The van der Waals surface area contributed by atoms with Gasteiger partial charge < -0.3 is 15.5 Å². The molecule has 5 nitrogen and oxygen atoms in total. The van der Waals surface area contributed by atoms with Gasteiger partial charge in [-0.1, -0.05) is 36.4 Å². The van der Waals surface area contributed by atoms with Crippen LogP contribution in [0.15, 0.2) is 67.0 Å². The summed E-state index contributed by atoms with van der Waals surface area (Å²) in [5.74, 6) is -0.911. The van der Waals surface area contributed by atoms with Gasteiger partial charge in [-0.3, -0.25) is 4.98 Å². The molecule has 0 aliphatic carbocycles. The van der Waals surface area contributed by atoms with Crippen molar-refractivity contribution in [3.8, 4) is 11.1 Å². The highest BCUT2D eigenvalue weighted by molar-refractivity contribution is 5.89. The summed E-state index contributed by atoms with van der Waals surface area (Å²) in [6.07, 6.45) is 3.66. The lowest BCUT2D eigenvalue weighted by atomic mass is 9.97. The van der Waals surface area contributed by atoms with Gasteiger partial charge in [0.1, 0.15) is 0 Å². The van der Waals surface area contributed by atoms with Crippen LogP contribution in [0.1, 0.15) is 33.2 Å². The molecule has 7 heteroatoms. The molecular weight excluding hydrogens is 423 g/mol. The van der Waals surface area contributed by atoms with Gasteiger partial charge >= 0.3 is 5.97 Å². The first kappa shape index (κ1) is 25.6. The number of carbonyl (C=O) groups is 1. The number of hydrogen-bond donors (Lipinski definition) is 3. The van der Waals surface area contributed by atoms with E-state index in [0.717, 1.165) is 35.2 Å². The van der Waals surface area contributed by atoms with Crippen LogP contribution >= 0.6 is 24.8 Å². The summed E-state index contributed by atoms with van der Waals surface area (Å²) in [4.78, 5) is 15.1. The molecule has 0 radical (unpaired) electrons. The summed E-state index contributed by atoms with van der Waals surface area (Å²) in [6, 6.07) is 17.2. The highest BCUT2D eigenvalue weighted by atomic mass is 35.5. The summed E-state index contributed by atoms with van der Waals surface area (Å²) in [7, 11) is 0. The number of carboxylic acids is 1. The Bertz CT molecular complexity index is 935. The minimum Gasteiger partial charge on any atom is -0.478 e. The number of rotatable bonds is 8. The van der Waals surface area contributed by atoms with Crippen LogP contribution in [0.2, 0.25) is 0 Å². The molecule has 0 unspecified atom stereocenters. The molecule has 1 atom stereocenters. The number of aryl methyl sites for hydroxylation is 1. The van der Waals surface area contributed by atoms with Crippen LogP contribution in [-0.4, -0.2) is 34.3 Å². The lowest BCUT2D eigenvalue weighted by Crippen LogP contribution is -2.23. The van der Waals surface area contributed by atoms with Crippen LogP contribution < -0.4 is 5.32 Å². The van der Waals surface area contributed by atoms with Crippen LogP contribution in [0.5, 0.6) is 0 Å². The Morgan fingerprint density at radius 1 is 1.10 bits per heavy atom. The van der Waals surface area contributed by atoms with Gasteiger partial charge in [0.2, 0.25) is 0 Å². The van der Waals surface area contributed by atoms with Gasteiger partial charge in [-0.25, -0.2) is 4.79 Å². The van der Waals surface area contributed by atoms with Crippen molar-refractivity contribution >= 4 is 30.8 Å². The van der Waals surface area contributed by atoms with Gasteiger partial charge in [0.25, 0.3) is 0 Å². The zero-order chi connectivity index (χ0) is 19.9. The summed E-state index contributed by atoms with van der Waals surface area (Å²) < 4.78 is 0. The van der Waals surface area contributed by atoms with Crippen LogP contribution in [-0.2, 0) is 6.42 Å². The summed E-state index contributed by atoms with van der Waals surface area (Å²) >= 11 is 0. The number of pyridine rings is 1. The van der Waals surface area contributed by atoms with Crippen molar-refractivity contribution in [3.05, 3.63) is 89.2 Å². The Morgan fingerprint density at radius 3 is 2.43 bits per heavy atom. The summed E-state index contributed by atoms with van der Waals surface area (Å²) in [5, 5.41) is 22.5. The quantitative estimate of drug-likeness (QED) is 0.443. The zero-order valence-corrected chi connectivity index (χ0v) is 18.2. The fourth-order valence-electron chi connectivity index (χ4n) is 3.13. The standard InChI is InChI=1S/C23H24N2O3.2ClH/c1-16-13-19(23(27)28)8-9-21(16)18-6-4-17(5-7-18)10-12-25-15-22(26)20-3-2-11-24-14-20;;/h2-9,11,13-14,22,25-26H,10,12,15H2,1H3,(H,27,28);2*1H/t22-;;/m0../s1. The molecule has 0 saturated heterocycles. The largest absolute Gasteiger partial charge is 0.478 e. The third kappa shape index (κ3) is 6.82. The maximum Gasteiger partial charge on any atom is 0.335 e. The molecule has 3 aromatic rings. The van der Waals surface area contributed by atoms with Crippen LogP contribution in [0.3, 0.4) is 0 Å². The van der Waals surface area contributed by atoms with Crippen molar-refractivity contribution in [2.24, 2.45) is 0 Å². The fraction of sp³-hybridized carbons (Fsp3) is 0.217. The molecule has 30 heavy (non-hydrogen) atoms. The molecule has 160 valence electrons. The number of nitrogens with zero attached hydrogens (tertiary/aromatic N) is 1. The number of halogens is 2. The lowest BCUT2D eigenvalue weighted by Gasteiger charge is -2.12. The second-order valence-corrected chi connectivity index (χ2v) is 6.79.